The van der Waals surface area contributed by atoms with Gasteiger partial charge in [0.15, 0.2) is 0 Å². The maximum absolute atomic E-state index is 10.1. The van der Waals surface area contributed by atoms with E-state index in [2.05, 4.69) is 0 Å². The number of hydrogen-bond acceptors (Lipinski definition) is 4. The Morgan fingerprint density at radius 3 is 2.58 bits per heavy atom. The van der Waals surface area contributed by atoms with Crippen molar-refractivity contribution in [2.75, 3.05) is 0 Å². The first kappa shape index (κ1) is 11.9. The number of rotatable bonds is 1. The summed E-state index contributed by atoms with van der Waals surface area (Å²) in [5, 5.41) is 29.1. The lowest BCUT2D eigenvalue weighted by Gasteiger charge is -2.30. The molecule has 2 aromatic carbocycles. The first-order valence-electron chi connectivity index (χ1n) is 6.10. The van der Waals surface area contributed by atoms with Crippen molar-refractivity contribution in [3.05, 3.63) is 53.6 Å². The van der Waals surface area contributed by atoms with Gasteiger partial charge in [0.05, 0.1) is 6.10 Å². The first-order valence-corrected chi connectivity index (χ1v) is 6.10. The minimum atomic E-state index is -0.642. The van der Waals surface area contributed by atoms with Gasteiger partial charge < -0.3 is 20.1 Å². The highest BCUT2D eigenvalue weighted by Gasteiger charge is 2.28. The first-order chi connectivity index (χ1) is 9.13. The van der Waals surface area contributed by atoms with Crippen LogP contribution in [0.1, 0.15) is 29.8 Å². The average Bonchev–Trinajstić information content (AvgIpc) is 2.38. The molecule has 19 heavy (non-hydrogen) atoms. The molecule has 0 saturated carbocycles. The van der Waals surface area contributed by atoms with Crippen molar-refractivity contribution in [1.29, 1.82) is 0 Å². The summed E-state index contributed by atoms with van der Waals surface area (Å²) < 4.78 is 5.79. The fraction of sp³-hybridized carbons (Fsp3) is 0.200. The largest absolute Gasteiger partial charge is 0.508 e. The Morgan fingerprint density at radius 2 is 1.79 bits per heavy atom. The summed E-state index contributed by atoms with van der Waals surface area (Å²) in [5.41, 5.74) is 1.47. The Bertz CT molecular complexity index is 609. The van der Waals surface area contributed by atoms with Gasteiger partial charge in [-0.3, -0.25) is 0 Å². The third-order valence-electron chi connectivity index (χ3n) is 3.30. The van der Waals surface area contributed by atoms with Crippen LogP contribution in [-0.2, 0) is 0 Å². The number of ether oxygens (including phenoxy) is 1. The van der Waals surface area contributed by atoms with Gasteiger partial charge in [-0.05, 0) is 29.8 Å². The molecule has 0 saturated heterocycles. The Kier molecular flexibility index (Phi) is 2.80. The van der Waals surface area contributed by atoms with E-state index in [-0.39, 0.29) is 17.6 Å². The zero-order valence-electron chi connectivity index (χ0n) is 10.2. The van der Waals surface area contributed by atoms with E-state index in [1.165, 1.54) is 12.1 Å². The van der Waals surface area contributed by atoms with E-state index in [0.29, 0.717) is 17.7 Å². The number of benzene rings is 2. The van der Waals surface area contributed by atoms with Crippen molar-refractivity contribution in [2.24, 2.45) is 0 Å². The van der Waals surface area contributed by atoms with Gasteiger partial charge in [-0.2, -0.15) is 0 Å². The standard InChI is InChI=1S/C15H14O4/c16-10-3-1-2-9(6-10)14-8-13(18)12-5-4-11(17)7-15(12)19-14/h1-7,13-14,16-18H,8H2. The average molecular weight is 258 g/mol. The molecule has 0 amide bonds. The third-order valence-corrected chi connectivity index (χ3v) is 3.30. The van der Waals surface area contributed by atoms with Gasteiger partial charge in [0, 0.05) is 18.1 Å². The smallest absolute Gasteiger partial charge is 0.129 e. The highest BCUT2D eigenvalue weighted by atomic mass is 16.5. The third kappa shape index (κ3) is 2.22. The number of aliphatic hydroxyl groups is 1. The molecule has 0 aliphatic carbocycles. The maximum Gasteiger partial charge on any atom is 0.129 e. The van der Waals surface area contributed by atoms with E-state index in [0.717, 1.165) is 5.56 Å². The molecule has 4 heteroatoms. The van der Waals surface area contributed by atoms with E-state index in [1.54, 1.807) is 24.3 Å². The van der Waals surface area contributed by atoms with E-state index in [9.17, 15) is 15.3 Å². The van der Waals surface area contributed by atoms with Gasteiger partial charge in [0.25, 0.3) is 0 Å². The molecule has 3 rings (SSSR count). The summed E-state index contributed by atoms with van der Waals surface area (Å²) in [7, 11) is 0. The molecule has 2 unspecified atom stereocenters. The zero-order chi connectivity index (χ0) is 13.4. The number of aliphatic hydroxyl groups excluding tert-OH is 1. The molecule has 1 aliphatic rings. The second-order valence-corrected chi connectivity index (χ2v) is 4.68. The van der Waals surface area contributed by atoms with Gasteiger partial charge in [-0.1, -0.05) is 12.1 Å². The van der Waals surface area contributed by atoms with Crippen LogP contribution in [0.25, 0.3) is 0 Å². The quantitative estimate of drug-likeness (QED) is 0.735. The van der Waals surface area contributed by atoms with Crippen molar-refractivity contribution in [2.45, 2.75) is 18.6 Å². The lowest BCUT2D eigenvalue weighted by molar-refractivity contribution is 0.0654. The summed E-state index contributed by atoms with van der Waals surface area (Å²) in [4.78, 5) is 0. The van der Waals surface area contributed by atoms with Crippen LogP contribution >= 0.6 is 0 Å². The van der Waals surface area contributed by atoms with Crippen molar-refractivity contribution in [3.8, 4) is 17.2 Å². The number of aromatic hydroxyl groups is 2. The second-order valence-electron chi connectivity index (χ2n) is 4.68. The van der Waals surface area contributed by atoms with Crippen molar-refractivity contribution < 1.29 is 20.1 Å². The molecule has 1 heterocycles. The molecule has 0 bridgehead atoms. The van der Waals surface area contributed by atoms with Crippen LogP contribution in [-0.4, -0.2) is 15.3 Å². The van der Waals surface area contributed by atoms with Crippen LogP contribution in [0.15, 0.2) is 42.5 Å². The number of phenols is 2. The van der Waals surface area contributed by atoms with Crippen LogP contribution < -0.4 is 4.74 Å². The van der Waals surface area contributed by atoms with Crippen LogP contribution in [0.3, 0.4) is 0 Å². The molecular weight excluding hydrogens is 244 g/mol. The molecule has 2 atom stereocenters. The molecular formula is C15H14O4. The zero-order valence-corrected chi connectivity index (χ0v) is 10.2. The van der Waals surface area contributed by atoms with Gasteiger partial charge in [-0.15, -0.1) is 0 Å². The van der Waals surface area contributed by atoms with E-state index in [4.69, 9.17) is 4.74 Å². The highest BCUT2D eigenvalue weighted by Crippen LogP contribution is 2.42. The van der Waals surface area contributed by atoms with E-state index >= 15 is 0 Å². The lowest BCUT2D eigenvalue weighted by Crippen LogP contribution is -2.18. The molecule has 0 fully saturated rings. The Labute approximate surface area is 110 Å². The van der Waals surface area contributed by atoms with Crippen molar-refractivity contribution >= 4 is 0 Å². The second kappa shape index (κ2) is 4.48. The lowest BCUT2D eigenvalue weighted by atomic mass is 9.95. The predicted octanol–water partition coefficient (Wildman–Crippen LogP) is 2.66. The van der Waals surface area contributed by atoms with Gasteiger partial charge >= 0.3 is 0 Å². The van der Waals surface area contributed by atoms with Crippen molar-refractivity contribution in [3.63, 3.8) is 0 Å². The molecule has 0 radical (unpaired) electrons. The summed E-state index contributed by atoms with van der Waals surface area (Å²) in [6, 6.07) is 11.5. The summed E-state index contributed by atoms with van der Waals surface area (Å²) in [5.74, 6) is 0.742. The molecule has 3 N–H and O–H groups in total. The van der Waals surface area contributed by atoms with Crippen LogP contribution in [0.2, 0.25) is 0 Å². The SMILES string of the molecule is Oc1cccc(C2CC(O)c3ccc(O)cc3O2)c1. The van der Waals surface area contributed by atoms with E-state index < -0.39 is 6.10 Å². The Morgan fingerprint density at radius 1 is 1.00 bits per heavy atom. The van der Waals surface area contributed by atoms with Crippen LogP contribution in [0.5, 0.6) is 17.2 Å². The topological polar surface area (TPSA) is 69.9 Å². The highest BCUT2D eigenvalue weighted by molar-refractivity contribution is 5.43. The van der Waals surface area contributed by atoms with Gasteiger partial charge in [-0.25, -0.2) is 0 Å². The molecule has 4 nitrogen and oxygen atoms in total. The number of phenolic OH excluding ortho intramolecular Hbond substituents is 2. The summed E-state index contributed by atoms with van der Waals surface area (Å²) in [6.07, 6.45) is -0.561. The molecule has 2 aromatic rings. The summed E-state index contributed by atoms with van der Waals surface area (Å²) in [6.45, 7) is 0. The fourth-order valence-corrected chi connectivity index (χ4v) is 2.36. The molecule has 1 aliphatic heterocycles. The minimum absolute atomic E-state index is 0.0995. The molecule has 98 valence electrons. The van der Waals surface area contributed by atoms with Crippen molar-refractivity contribution in [1.82, 2.24) is 0 Å². The fourth-order valence-electron chi connectivity index (χ4n) is 2.36. The van der Waals surface area contributed by atoms with Crippen LogP contribution in [0.4, 0.5) is 0 Å². The molecule has 0 spiro atoms. The Balaban J connectivity index is 1.96. The number of hydrogen-bond donors (Lipinski definition) is 3. The molecule has 0 aromatic heterocycles. The Hall–Kier alpha value is -2.20. The summed E-state index contributed by atoms with van der Waals surface area (Å²) >= 11 is 0. The van der Waals surface area contributed by atoms with Gasteiger partial charge in [0.1, 0.15) is 23.4 Å². The van der Waals surface area contributed by atoms with E-state index in [1.807, 2.05) is 6.07 Å². The maximum atomic E-state index is 10.1. The predicted molar refractivity (Wildman–Crippen MR) is 69.2 cm³/mol. The normalized spacial score (nSPS) is 21.5. The monoisotopic (exact) mass is 258 g/mol. The van der Waals surface area contributed by atoms with Gasteiger partial charge in [0.2, 0.25) is 0 Å². The number of fused-ring (bicyclic) bond motifs is 1. The van der Waals surface area contributed by atoms with Crippen LogP contribution in [0, 0.1) is 0 Å². The minimum Gasteiger partial charge on any atom is -0.508 e.